The molecular formula is C16H24O3. The van der Waals surface area contributed by atoms with Gasteiger partial charge in [-0.25, -0.2) is 0 Å². The highest BCUT2D eigenvalue weighted by molar-refractivity contribution is 5.89. The maximum absolute atomic E-state index is 12.3. The van der Waals surface area contributed by atoms with Crippen LogP contribution in [0.4, 0.5) is 0 Å². The van der Waals surface area contributed by atoms with E-state index in [2.05, 4.69) is 0 Å². The Morgan fingerprint density at radius 2 is 2.00 bits per heavy atom. The van der Waals surface area contributed by atoms with Crippen LogP contribution in [0.3, 0.4) is 0 Å². The normalized spacial score (nSPS) is 49.6. The minimum Gasteiger partial charge on any atom is -0.389 e. The molecule has 0 amide bonds. The lowest BCUT2D eigenvalue weighted by molar-refractivity contribution is -0.179. The van der Waals surface area contributed by atoms with Crippen molar-refractivity contribution in [3.8, 4) is 0 Å². The van der Waals surface area contributed by atoms with Gasteiger partial charge in [-0.2, -0.15) is 0 Å². The van der Waals surface area contributed by atoms with Crippen molar-refractivity contribution in [1.82, 2.24) is 0 Å². The number of carbonyl (C=O) groups excluding carboxylic acids is 2. The molecule has 0 aromatic heterocycles. The van der Waals surface area contributed by atoms with Crippen molar-refractivity contribution in [3.63, 3.8) is 0 Å². The molecule has 1 N–H and O–H groups in total. The average Bonchev–Trinajstić information content (AvgIpc) is 2.65. The first kappa shape index (κ1) is 13.3. The summed E-state index contributed by atoms with van der Waals surface area (Å²) in [6.07, 6.45) is 5.97. The van der Waals surface area contributed by atoms with E-state index in [1.54, 1.807) is 6.92 Å². The Kier molecular flexibility index (Phi) is 2.90. The lowest BCUT2D eigenvalue weighted by Crippen LogP contribution is -2.60. The van der Waals surface area contributed by atoms with Crippen LogP contribution in [-0.4, -0.2) is 22.3 Å². The fourth-order valence-corrected chi connectivity index (χ4v) is 5.29. The van der Waals surface area contributed by atoms with Crippen LogP contribution in [-0.2, 0) is 9.59 Å². The van der Waals surface area contributed by atoms with Crippen LogP contribution < -0.4 is 0 Å². The summed E-state index contributed by atoms with van der Waals surface area (Å²) >= 11 is 0. The fourth-order valence-electron chi connectivity index (χ4n) is 5.29. The third-order valence-electron chi connectivity index (χ3n) is 6.33. The molecule has 0 unspecified atom stereocenters. The molecule has 3 saturated carbocycles. The smallest absolute Gasteiger partial charge is 0.139 e. The van der Waals surface area contributed by atoms with E-state index in [0.29, 0.717) is 24.5 Å². The minimum absolute atomic E-state index is 0.0637. The number of hydrogen-bond donors (Lipinski definition) is 1. The van der Waals surface area contributed by atoms with Crippen molar-refractivity contribution in [1.29, 1.82) is 0 Å². The monoisotopic (exact) mass is 264 g/mol. The molecule has 3 aliphatic rings. The zero-order chi connectivity index (χ0) is 13.8. The summed E-state index contributed by atoms with van der Waals surface area (Å²) in [5.74, 6) is 0.493. The predicted molar refractivity (Wildman–Crippen MR) is 71.5 cm³/mol. The Morgan fingerprint density at radius 3 is 2.68 bits per heavy atom. The van der Waals surface area contributed by atoms with Gasteiger partial charge in [-0.1, -0.05) is 19.8 Å². The zero-order valence-electron chi connectivity index (χ0n) is 11.9. The molecule has 0 bridgehead atoms. The van der Waals surface area contributed by atoms with Gasteiger partial charge in [0.05, 0.1) is 5.60 Å². The number of ketones is 2. The molecule has 0 radical (unpaired) electrons. The van der Waals surface area contributed by atoms with Crippen LogP contribution in [0.5, 0.6) is 0 Å². The molecule has 0 aromatic rings. The van der Waals surface area contributed by atoms with Crippen molar-refractivity contribution < 1.29 is 14.7 Å². The molecule has 3 aliphatic carbocycles. The second-order valence-corrected chi connectivity index (χ2v) is 7.20. The van der Waals surface area contributed by atoms with Crippen LogP contribution in [0.2, 0.25) is 0 Å². The average molecular weight is 264 g/mol. The molecule has 5 atom stereocenters. The summed E-state index contributed by atoms with van der Waals surface area (Å²) in [4.78, 5) is 24.3. The number of aliphatic hydroxyl groups is 1. The van der Waals surface area contributed by atoms with E-state index in [0.717, 1.165) is 32.1 Å². The number of hydrogen-bond acceptors (Lipinski definition) is 3. The molecule has 19 heavy (non-hydrogen) atoms. The van der Waals surface area contributed by atoms with Gasteiger partial charge >= 0.3 is 0 Å². The molecule has 0 aliphatic heterocycles. The van der Waals surface area contributed by atoms with Crippen molar-refractivity contribution in [2.24, 2.45) is 23.2 Å². The Hall–Kier alpha value is -0.700. The quantitative estimate of drug-likeness (QED) is 0.791. The number of Topliss-reactive ketones (excluding diaryl/α,β-unsaturated/α-hetero) is 2. The Bertz CT molecular complexity index is 430. The minimum atomic E-state index is -0.834. The summed E-state index contributed by atoms with van der Waals surface area (Å²) in [7, 11) is 0. The van der Waals surface area contributed by atoms with Gasteiger partial charge in [0.25, 0.3) is 0 Å². The van der Waals surface area contributed by atoms with Crippen molar-refractivity contribution >= 4 is 11.6 Å². The predicted octanol–water partition coefficient (Wildman–Crippen LogP) is 2.50. The molecule has 0 saturated heterocycles. The summed E-state index contributed by atoms with van der Waals surface area (Å²) < 4.78 is 0. The topological polar surface area (TPSA) is 54.4 Å². The van der Waals surface area contributed by atoms with E-state index < -0.39 is 5.60 Å². The molecular weight excluding hydrogens is 240 g/mol. The molecule has 3 rings (SSSR count). The molecule has 0 heterocycles. The highest BCUT2D eigenvalue weighted by Gasteiger charge is 2.63. The van der Waals surface area contributed by atoms with E-state index in [1.165, 1.54) is 0 Å². The van der Waals surface area contributed by atoms with Crippen LogP contribution in [0.25, 0.3) is 0 Å². The number of fused-ring (bicyclic) bond motifs is 3. The van der Waals surface area contributed by atoms with Gasteiger partial charge in [-0.05, 0) is 44.4 Å². The first-order valence-electron chi connectivity index (χ1n) is 7.66. The van der Waals surface area contributed by atoms with Crippen molar-refractivity contribution in [3.05, 3.63) is 0 Å². The van der Waals surface area contributed by atoms with Gasteiger partial charge in [0.1, 0.15) is 11.6 Å². The van der Waals surface area contributed by atoms with Crippen LogP contribution in [0, 0.1) is 23.2 Å². The molecule has 0 spiro atoms. The van der Waals surface area contributed by atoms with Gasteiger partial charge in [0.15, 0.2) is 0 Å². The second kappa shape index (κ2) is 4.15. The van der Waals surface area contributed by atoms with Crippen LogP contribution >= 0.6 is 0 Å². The third kappa shape index (κ3) is 1.67. The van der Waals surface area contributed by atoms with Crippen LogP contribution in [0.1, 0.15) is 58.8 Å². The molecule has 3 fully saturated rings. The SMILES string of the molecule is CC(=O)[C@H]1C[C@@]2(C)C(=O)CC[C@@H]2[C@@H]2CCCC[C@]12O. The van der Waals surface area contributed by atoms with E-state index in [9.17, 15) is 14.7 Å². The summed E-state index contributed by atoms with van der Waals surface area (Å²) in [6.45, 7) is 3.62. The van der Waals surface area contributed by atoms with Gasteiger partial charge in [0, 0.05) is 17.8 Å². The first-order chi connectivity index (χ1) is 8.89. The number of carbonyl (C=O) groups is 2. The Balaban J connectivity index is 2.04. The molecule has 106 valence electrons. The summed E-state index contributed by atoms with van der Waals surface area (Å²) in [6, 6.07) is 0. The van der Waals surface area contributed by atoms with E-state index in [1.807, 2.05) is 6.92 Å². The lowest BCUT2D eigenvalue weighted by atomic mass is 9.50. The lowest BCUT2D eigenvalue weighted by Gasteiger charge is -2.56. The molecule has 3 nitrogen and oxygen atoms in total. The van der Waals surface area contributed by atoms with Gasteiger partial charge in [-0.15, -0.1) is 0 Å². The number of rotatable bonds is 1. The fraction of sp³-hybridized carbons (Fsp3) is 0.875. The van der Waals surface area contributed by atoms with Gasteiger partial charge < -0.3 is 5.11 Å². The summed E-state index contributed by atoms with van der Waals surface area (Å²) in [5.41, 5.74) is -1.19. The Morgan fingerprint density at radius 1 is 1.26 bits per heavy atom. The van der Waals surface area contributed by atoms with Crippen LogP contribution in [0.15, 0.2) is 0 Å². The first-order valence-corrected chi connectivity index (χ1v) is 7.66. The largest absolute Gasteiger partial charge is 0.389 e. The van der Waals surface area contributed by atoms with Crippen molar-refractivity contribution in [2.75, 3.05) is 0 Å². The Labute approximate surface area is 114 Å². The third-order valence-corrected chi connectivity index (χ3v) is 6.33. The van der Waals surface area contributed by atoms with E-state index in [4.69, 9.17) is 0 Å². The van der Waals surface area contributed by atoms with E-state index in [-0.39, 0.29) is 23.0 Å². The molecule has 3 heteroatoms. The van der Waals surface area contributed by atoms with E-state index >= 15 is 0 Å². The molecule has 0 aromatic carbocycles. The highest BCUT2D eigenvalue weighted by Crippen LogP contribution is 2.61. The maximum atomic E-state index is 12.3. The van der Waals surface area contributed by atoms with Crippen molar-refractivity contribution in [2.45, 2.75) is 64.4 Å². The van der Waals surface area contributed by atoms with Gasteiger partial charge in [-0.3, -0.25) is 9.59 Å². The maximum Gasteiger partial charge on any atom is 0.139 e. The zero-order valence-corrected chi connectivity index (χ0v) is 11.9. The second-order valence-electron chi connectivity index (χ2n) is 7.20. The summed E-state index contributed by atoms with van der Waals surface area (Å²) in [5, 5.41) is 11.1. The standard InChI is InChI=1S/C16H24O3/c1-10(17)13-9-15(2)11(6-7-14(15)18)12-5-3-4-8-16(12,13)19/h11-13,19H,3-9H2,1-2H3/t11-,12+,13-,15-,16-/m1/s1. The highest BCUT2D eigenvalue weighted by atomic mass is 16.3. The van der Waals surface area contributed by atoms with Gasteiger partial charge in [0.2, 0.25) is 0 Å².